The number of benzene rings is 1. The first-order valence-electron chi connectivity index (χ1n) is 6.16. The highest BCUT2D eigenvalue weighted by molar-refractivity contribution is 5.80. The molecular weight excluding hydrogens is 240 g/mol. The summed E-state index contributed by atoms with van der Waals surface area (Å²) in [5.41, 5.74) is 1.21. The maximum atomic E-state index is 11.6. The number of rotatable bonds is 6. The molecule has 5 nitrogen and oxygen atoms in total. The summed E-state index contributed by atoms with van der Waals surface area (Å²) < 4.78 is 0. The molecule has 0 atom stereocenters. The van der Waals surface area contributed by atoms with Gasteiger partial charge in [0.1, 0.15) is 0 Å². The molecule has 2 aromatic rings. The number of aromatic nitrogens is 2. The molecule has 0 saturated heterocycles. The van der Waals surface area contributed by atoms with Crippen LogP contribution < -0.4 is 10.6 Å². The molecule has 1 amide bonds. The maximum absolute atomic E-state index is 11.6. The van der Waals surface area contributed by atoms with Gasteiger partial charge < -0.3 is 10.6 Å². The minimum atomic E-state index is -0.0663. The van der Waals surface area contributed by atoms with Crippen LogP contribution in [0.4, 0.5) is 5.95 Å². The molecule has 0 aliphatic rings. The number of carbonyl (C=O) groups excluding carboxylic acids is 1. The molecule has 1 heterocycles. The van der Waals surface area contributed by atoms with Gasteiger partial charge in [-0.1, -0.05) is 30.3 Å². The monoisotopic (exact) mass is 256 g/mol. The first kappa shape index (κ1) is 13.0. The summed E-state index contributed by atoms with van der Waals surface area (Å²) in [6.07, 6.45) is 4.08. The van der Waals surface area contributed by atoms with E-state index in [4.69, 9.17) is 0 Å². The Morgan fingerprint density at radius 3 is 2.53 bits per heavy atom. The van der Waals surface area contributed by atoms with E-state index in [-0.39, 0.29) is 12.5 Å². The Kier molecular flexibility index (Phi) is 4.87. The number of hydrogen-bond donors (Lipinski definition) is 2. The van der Waals surface area contributed by atoms with E-state index in [2.05, 4.69) is 20.6 Å². The highest BCUT2D eigenvalue weighted by Gasteiger charge is 2.01. The SMILES string of the molecule is O=C(CNc1ncccn1)NCCc1ccccc1. The molecule has 0 aliphatic carbocycles. The topological polar surface area (TPSA) is 66.9 Å². The van der Waals surface area contributed by atoms with Gasteiger partial charge in [-0.15, -0.1) is 0 Å². The zero-order valence-electron chi connectivity index (χ0n) is 10.5. The highest BCUT2D eigenvalue weighted by Crippen LogP contribution is 1.98. The van der Waals surface area contributed by atoms with Crippen LogP contribution in [0.5, 0.6) is 0 Å². The van der Waals surface area contributed by atoms with Crippen molar-refractivity contribution in [1.82, 2.24) is 15.3 Å². The van der Waals surface area contributed by atoms with Crippen LogP contribution in [0, 0.1) is 0 Å². The largest absolute Gasteiger partial charge is 0.354 e. The van der Waals surface area contributed by atoms with Crippen molar-refractivity contribution in [2.75, 3.05) is 18.4 Å². The lowest BCUT2D eigenvalue weighted by Crippen LogP contribution is -2.31. The standard InChI is InChI=1S/C14H16N4O/c19-13(11-18-14-16-8-4-9-17-14)15-10-7-12-5-2-1-3-6-12/h1-6,8-9H,7,10-11H2,(H,15,19)(H,16,17,18). The summed E-state index contributed by atoms with van der Waals surface area (Å²) >= 11 is 0. The lowest BCUT2D eigenvalue weighted by atomic mass is 10.1. The van der Waals surface area contributed by atoms with Crippen LogP contribution in [0.15, 0.2) is 48.8 Å². The van der Waals surface area contributed by atoms with Gasteiger partial charge in [-0.3, -0.25) is 4.79 Å². The fourth-order valence-corrected chi connectivity index (χ4v) is 1.60. The number of hydrogen-bond acceptors (Lipinski definition) is 4. The van der Waals surface area contributed by atoms with Crippen molar-refractivity contribution < 1.29 is 4.79 Å². The molecule has 98 valence electrons. The normalized spacial score (nSPS) is 9.89. The van der Waals surface area contributed by atoms with Crippen molar-refractivity contribution in [2.24, 2.45) is 0 Å². The zero-order valence-corrected chi connectivity index (χ0v) is 10.5. The molecule has 1 aromatic heterocycles. The Labute approximate surface area is 112 Å². The van der Waals surface area contributed by atoms with Crippen LogP contribution in [0.25, 0.3) is 0 Å². The Morgan fingerprint density at radius 1 is 1.05 bits per heavy atom. The van der Waals surface area contributed by atoms with Gasteiger partial charge >= 0.3 is 0 Å². The number of anilines is 1. The van der Waals surface area contributed by atoms with Gasteiger partial charge in [0.2, 0.25) is 11.9 Å². The van der Waals surface area contributed by atoms with E-state index in [1.54, 1.807) is 18.5 Å². The molecule has 0 aliphatic heterocycles. The second-order valence-corrected chi connectivity index (χ2v) is 4.01. The number of nitrogens with one attached hydrogen (secondary N) is 2. The van der Waals surface area contributed by atoms with Crippen molar-refractivity contribution in [2.45, 2.75) is 6.42 Å². The predicted molar refractivity (Wildman–Crippen MR) is 73.7 cm³/mol. The molecule has 0 bridgehead atoms. The van der Waals surface area contributed by atoms with Gasteiger partial charge in [-0.25, -0.2) is 9.97 Å². The van der Waals surface area contributed by atoms with E-state index >= 15 is 0 Å². The lowest BCUT2D eigenvalue weighted by molar-refractivity contribution is -0.119. The molecule has 1 aromatic carbocycles. The van der Waals surface area contributed by atoms with Gasteiger partial charge in [-0.2, -0.15) is 0 Å². The van der Waals surface area contributed by atoms with Gasteiger partial charge in [0, 0.05) is 18.9 Å². The van der Waals surface area contributed by atoms with Crippen molar-refractivity contribution in [3.05, 3.63) is 54.4 Å². The van der Waals surface area contributed by atoms with Crippen molar-refractivity contribution in [3.8, 4) is 0 Å². The first-order valence-corrected chi connectivity index (χ1v) is 6.16. The summed E-state index contributed by atoms with van der Waals surface area (Å²) in [6.45, 7) is 0.805. The number of nitrogens with zero attached hydrogens (tertiary/aromatic N) is 2. The molecule has 0 spiro atoms. The first-order chi connectivity index (χ1) is 9.34. The van der Waals surface area contributed by atoms with Crippen LogP contribution in [-0.4, -0.2) is 29.0 Å². The van der Waals surface area contributed by atoms with Gasteiger partial charge in [0.25, 0.3) is 0 Å². The molecule has 0 radical (unpaired) electrons. The summed E-state index contributed by atoms with van der Waals surface area (Å²) in [6, 6.07) is 11.8. The second-order valence-electron chi connectivity index (χ2n) is 4.01. The van der Waals surface area contributed by atoms with E-state index in [0.717, 1.165) is 6.42 Å². The smallest absolute Gasteiger partial charge is 0.239 e. The second kappa shape index (κ2) is 7.10. The van der Waals surface area contributed by atoms with Crippen molar-refractivity contribution in [1.29, 1.82) is 0 Å². The molecule has 5 heteroatoms. The van der Waals surface area contributed by atoms with Crippen LogP contribution in [0.3, 0.4) is 0 Å². The highest BCUT2D eigenvalue weighted by atomic mass is 16.1. The quantitative estimate of drug-likeness (QED) is 0.816. The lowest BCUT2D eigenvalue weighted by Gasteiger charge is -2.06. The van der Waals surface area contributed by atoms with Gasteiger partial charge in [0.05, 0.1) is 6.54 Å². The average molecular weight is 256 g/mol. The molecule has 0 fully saturated rings. The maximum Gasteiger partial charge on any atom is 0.239 e. The minimum absolute atomic E-state index is 0.0663. The Hall–Kier alpha value is -2.43. The molecule has 2 N–H and O–H groups in total. The third-order valence-electron chi connectivity index (χ3n) is 2.55. The summed E-state index contributed by atoms with van der Waals surface area (Å²) in [7, 11) is 0. The van der Waals surface area contributed by atoms with Crippen LogP contribution >= 0.6 is 0 Å². The fraction of sp³-hybridized carbons (Fsp3) is 0.214. The number of amides is 1. The predicted octanol–water partition coefficient (Wildman–Crippen LogP) is 1.25. The minimum Gasteiger partial charge on any atom is -0.354 e. The fourth-order valence-electron chi connectivity index (χ4n) is 1.60. The molecule has 19 heavy (non-hydrogen) atoms. The summed E-state index contributed by atoms with van der Waals surface area (Å²) in [4.78, 5) is 19.5. The van der Waals surface area contributed by atoms with E-state index in [1.807, 2.05) is 30.3 Å². The van der Waals surface area contributed by atoms with Gasteiger partial charge in [-0.05, 0) is 18.1 Å². The number of carbonyl (C=O) groups is 1. The van der Waals surface area contributed by atoms with Crippen LogP contribution in [0.1, 0.15) is 5.56 Å². The Balaban J connectivity index is 1.65. The summed E-state index contributed by atoms with van der Waals surface area (Å²) in [5, 5.41) is 5.70. The molecular formula is C14H16N4O. The molecule has 2 rings (SSSR count). The zero-order chi connectivity index (χ0) is 13.3. The third kappa shape index (κ3) is 4.75. The van der Waals surface area contributed by atoms with Crippen molar-refractivity contribution in [3.63, 3.8) is 0 Å². The third-order valence-corrected chi connectivity index (χ3v) is 2.55. The van der Waals surface area contributed by atoms with E-state index in [1.165, 1.54) is 5.56 Å². The molecule has 0 saturated carbocycles. The summed E-state index contributed by atoms with van der Waals surface area (Å²) in [5.74, 6) is 0.393. The van der Waals surface area contributed by atoms with E-state index < -0.39 is 0 Å². The van der Waals surface area contributed by atoms with E-state index in [0.29, 0.717) is 12.5 Å². The Morgan fingerprint density at radius 2 is 1.79 bits per heavy atom. The average Bonchev–Trinajstić information content (AvgIpc) is 2.47. The van der Waals surface area contributed by atoms with Crippen LogP contribution in [-0.2, 0) is 11.2 Å². The van der Waals surface area contributed by atoms with Crippen molar-refractivity contribution >= 4 is 11.9 Å². The molecule has 0 unspecified atom stereocenters. The van der Waals surface area contributed by atoms with Crippen LogP contribution in [0.2, 0.25) is 0 Å². The Bertz CT molecular complexity index is 501. The van der Waals surface area contributed by atoms with E-state index in [9.17, 15) is 4.79 Å². The van der Waals surface area contributed by atoms with Gasteiger partial charge in [0.15, 0.2) is 0 Å².